The fourth-order valence-corrected chi connectivity index (χ4v) is 2.02. The number of aromatic nitrogens is 2. The first-order chi connectivity index (χ1) is 10.7. The Morgan fingerprint density at radius 2 is 1.91 bits per heavy atom. The van der Waals surface area contributed by atoms with E-state index in [0.717, 1.165) is 19.4 Å². The molecular formula is C16H22N4O2. The standard InChI is InChI=1S/C16H22N4O2/c1-4-5-10-18-15-14(11(2)19-16(17)20-15)22-13-9-7-6-8-12(13)21-3/h6-9H,4-5,10H2,1-3H3,(H3,17,18,19,20). The van der Waals surface area contributed by atoms with E-state index in [-0.39, 0.29) is 5.95 Å². The van der Waals surface area contributed by atoms with Gasteiger partial charge in [0.15, 0.2) is 23.1 Å². The van der Waals surface area contributed by atoms with Crippen molar-refractivity contribution in [3.63, 3.8) is 0 Å². The maximum Gasteiger partial charge on any atom is 0.222 e. The second kappa shape index (κ2) is 7.49. The summed E-state index contributed by atoms with van der Waals surface area (Å²) in [6.45, 7) is 4.77. The van der Waals surface area contributed by atoms with Gasteiger partial charge in [0.1, 0.15) is 0 Å². The second-order valence-electron chi connectivity index (χ2n) is 4.88. The molecule has 0 amide bonds. The molecule has 3 N–H and O–H groups in total. The van der Waals surface area contributed by atoms with Gasteiger partial charge in [-0.15, -0.1) is 0 Å². The fraction of sp³-hybridized carbons (Fsp3) is 0.375. The first kappa shape index (κ1) is 15.9. The van der Waals surface area contributed by atoms with Crippen molar-refractivity contribution in [2.24, 2.45) is 0 Å². The summed E-state index contributed by atoms with van der Waals surface area (Å²) in [5.41, 5.74) is 6.42. The molecule has 2 aromatic rings. The van der Waals surface area contributed by atoms with Gasteiger partial charge in [-0.25, -0.2) is 4.98 Å². The number of nitrogens with one attached hydrogen (secondary N) is 1. The normalized spacial score (nSPS) is 10.3. The molecule has 6 nitrogen and oxygen atoms in total. The molecule has 0 unspecified atom stereocenters. The van der Waals surface area contributed by atoms with Gasteiger partial charge in [0, 0.05) is 6.54 Å². The highest BCUT2D eigenvalue weighted by Gasteiger charge is 2.15. The average Bonchev–Trinajstić information content (AvgIpc) is 2.51. The van der Waals surface area contributed by atoms with E-state index in [1.54, 1.807) is 7.11 Å². The number of nitrogens with zero attached hydrogens (tertiary/aromatic N) is 2. The van der Waals surface area contributed by atoms with Crippen molar-refractivity contribution in [3.05, 3.63) is 30.0 Å². The molecular weight excluding hydrogens is 280 g/mol. The molecule has 0 aliphatic heterocycles. The van der Waals surface area contributed by atoms with E-state index < -0.39 is 0 Å². The van der Waals surface area contributed by atoms with E-state index in [4.69, 9.17) is 15.2 Å². The van der Waals surface area contributed by atoms with Crippen molar-refractivity contribution in [3.8, 4) is 17.2 Å². The van der Waals surface area contributed by atoms with E-state index in [2.05, 4.69) is 22.2 Å². The maximum atomic E-state index is 5.98. The van der Waals surface area contributed by atoms with Crippen LogP contribution in [-0.4, -0.2) is 23.6 Å². The van der Waals surface area contributed by atoms with Crippen LogP contribution < -0.4 is 20.5 Å². The first-order valence-electron chi connectivity index (χ1n) is 7.34. The SMILES string of the molecule is CCCCNc1nc(N)nc(C)c1Oc1ccccc1OC. The quantitative estimate of drug-likeness (QED) is 0.763. The highest BCUT2D eigenvalue weighted by atomic mass is 16.5. The van der Waals surface area contributed by atoms with Crippen molar-refractivity contribution in [2.75, 3.05) is 24.7 Å². The molecule has 6 heteroatoms. The molecule has 0 saturated heterocycles. The lowest BCUT2D eigenvalue weighted by Gasteiger charge is -2.15. The van der Waals surface area contributed by atoms with Crippen LogP contribution in [0.2, 0.25) is 0 Å². The summed E-state index contributed by atoms with van der Waals surface area (Å²) in [6, 6.07) is 7.45. The predicted octanol–water partition coefficient (Wildman–Crippen LogP) is 3.38. The van der Waals surface area contributed by atoms with Gasteiger partial charge in [0.05, 0.1) is 12.8 Å². The summed E-state index contributed by atoms with van der Waals surface area (Å²) >= 11 is 0. The Balaban J connectivity index is 2.32. The first-order valence-corrected chi connectivity index (χ1v) is 7.34. The Kier molecular flexibility index (Phi) is 5.41. The lowest BCUT2D eigenvalue weighted by atomic mass is 10.3. The highest BCUT2D eigenvalue weighted by Crippen LogP contribution is 2.36. The Hall–Kier alpha value is -2.50. The van der Waals surface area contributed by atoms with Crippen LogP contribution in [0.5, 0.6) is 17.2 Å². The molecule has 1 aromatic carbocycles. The number of hydrogen-bond acceptors (Lipinski definition) is 6. The van der Waals surface area contributed by atoms with Crippen LogP contribution in [-0.2, 0) is 0 Å². The van der Waals surface area contributed by atoms with Crippen LogP contribution in [0.4, 0.5) is 11.8 Å². The van der Waals surface area contributed by atoms with Gasteiger partial charge >= 0.3 is 0 Å². The summed E-state index contributed by atoms with van der Waals surface area (Å²) in [7, 11) is 1.61. The number of unbranched alkanes of at least 4 members (excludes halogenated alkanes) is 1. The molecule has 22 heavy (non-hydrogen) atoms. The number of benzene rings is 1. The molecule has 118 valence electrons. The third-order valence-corrected chi connectivity index (χ3v) is 3.16. The molecule has 0 bridgehead atoms. The Bertz CT molecular complexity index is 632. The molecule has 0 atom stereocenters. The number of methoxy groups -OCH3 is 1. The lowest BCUT2D eigenvalue weighted by molar-refractivity contribution is 0.377. The van der Waals surface area contributed by atoms with Gasteiger partial charge in [-0.2, -0.15) is 4.98 Å². The van der Waals surface area contributed by atoms with Gasteiger partial charge in [-0.1, -0.05) is 25.5 Å². The number of nitrogens with two attached hydrogens (primary N) is 1. The van der Waals surface area contributed by atoms with E-state index in [1.165, 1.54) is 0 Å². The van der Waals surface area contributed by atoms with Crippen molar-refractivity contribution in [1.82, 2.24) is 9.97 Å². The third kappa shape index (κ3) is 3.78. The minimum absolute atomic E-state index is 0.226. The molecule has 0 aliphatic rings. The summed E-state index contributed by atoms with van der Waals surface area (Å²) in [4.78, 5) is 8.42. The van der Waals surface area contributed by atoms with E-state index in [9.17, 15) is 0 Å². The molecule has 0 spiro atoms. The molecule has 0 radical (unpaired) electrons. The monoisotopic (exact) mass is 302 g/mol. The molecule has 1 aromatic heterocycles. The number of ether oxygens (including phenoxy) is 2. The van der Waals surface area contributed by atoms with Crippen molar-refractivity contribution >= 4 is 11.8 Å². The lowest BCUT2D eigenvalue weighted by Crippen LogP contribution is -2.09. The summed E-state index contributed by atoms with van der Waals surface area (Å²) in [6.07, 6.45) is 2.13. The molecule has 0 saturated carbocycles. The summed E-state index contributed by atoms with van der Waals surface area (Å²) in [5, 5.41) is 3.26. The Morgan fingerprint density at radius 1 is 1.18 bits per heavy atom. The molecule has 0 fully saturated rings. The van der Waals surface area contributed by atoms with Gasteiger partial charge in [-0.3, -0.25) is 0 Å². The van der Waals surface area contributed by atoms with E-state index >= 15 is 0 Å². The van der Waals surface area contributed by atoms with Crippen LogP contribution in [0.15, 0.2) is 24.3 Å². The van der Waals surface area contributed by atoms with Gasteiger partial charge in [0.2, 0.25) is 5.95 Å². The van der Waals surface area contributed by atoms with Gasteiger partial charge < -0.3 is 20.5 Å². The molecule has 2 rings (SSSR count). The maximum absolute atomic E-state index is 5.98. The number of rotatable bonds is 7. The Morgan fingerprint density at radius 3 is 2.59 bits per heavy atom. The number of nitrogen functional groups attached to an aromatic ring is 1. The van der Waals surface area contributed by atoms with Crippen LogP contribution in [0.3, 0.4) is 0 Å². The van der Waals surface area contributed by atoms with Crippen molar-refractivity contribution in [1.29, 1.82) is 0 Å². The second-order valence-corrected chi connectivity index (χ2v) is 4.88. The highest BCUT2D eigenvalue weighted by molar-refractivity contribution is 5.57. The van der Waals surface area contributed by atoms with Crippen molar-refractivity contribution < 1.29 is 9.47 Å². The zero-order valence-electron chi connectivity index (χ0n) is 13.2. The number of para-hydroxylation sites is 2. The smallest absolute Gasteiger partial charge is 0.222 e. The zero-order chi connectivity index (χ0) is 15.9. The van der Waals surface area contributed by atoms with Crippen LogP contribution >= 0.6 is 0 Å². The number of hydrogen-bond donors (Lipinski definition) is 2. The number of anilines is 2. The van der Waals surface area contributed by atoms with Gasteiger partial charge in [0.25, 0.3) is 0 Å². The predicted molar refractivity (Wildman–Crippen MR) is 87.6 cm³/mol. The minimum atomic E-state index is 0.226. The van der Waals surface area contributed by atoms with Crippen LogP contribution in [0.1, 0.15) is 25.5 Å². The van der Waals surface area contributed by atoms with Crippen LogP contribution in [0.25, 0.3) is 0 Å². The fourth-order valence-electron chi connectivity index (χ4n) is 2.02. The Labute approximate surface area is 130 Å². The number of aryl methyl sites for hydroxylation is 1. The summed E-state index contributed by atoms with van der Waals surface area (Å²) in [5.74, 6) is 2.65. The molecule has 0 aliphatic carbocycles. The topological polar surface area (TPSA) is 82.3 Å². The van der Waals surface area contributed by atoms with E-state index in [1.807, 2.05) is 31.2 Å². The van der Waals surface area contributed by atoms with Gasteiger partial charge in [-0.05, 0) is 25.5 Å². The zero-order valence-corrected chi connectivity index (χ0v) is 13.2. The minimum Gasteiger partial charge on any atom is -0.493 e. The van der Waals surface area contributed by atoms with E-state index in [0.29, 0.717) is 28.8 Å². The summed E-state index contributed by atoms with van der Waals surface area (Å²) < 4.78 is 11.3. The largest absolute Gasteiger partial charge is 0.493 e. The third-order valence-electron chi connectivity index (χ3n) is 3.16. The average molecular weight is 302 g/mol. The molecule has 1 heterocycles. The van der Waals surface area contributed by atoms with Crippen LogP contribution in [0, 0.1) is 6.92 Å². The van der Waals surface area contributed by atoms with Crippen molar-refractivity contribution in [2.45, 2.75) is 26.7 Å².